The quantitative estimate of drug-likeness (QED) is 0.375. The lowest BCUT2D eigenvalue weighted by molar-refractivity contribution is -0.112. The Balaban J connectivity index is 1.84. The van der Waals surface area contributed by atoms with Gasteiger partial charge in [0.2, 0.25) is 0 Å². The van der Waals surface area contributed by atoms with Crippen LogP contribution in [0, 0.1) is 6.92 Å². The zero-order valence-electron chi connectivity index (χ0n) is 20.5. The van der Waals surface area contributed by atoms with Gasteiger partial charge in [0.1, 0.15) is 5.82 Å². The number of carbonyl (C=O) groups excluding carboxylic acids is 2. The summed E-state index contributed by atoms with van der Waals surface area (Å²) in [5, 5.41) is 5.91. The van der Waals surface area contributed by atoms with E-state index in [-0.39, 0.29) is 11.8 Å². The van der Waals surface area contributed by atoms with Crippen LogP contribution in [0.4, 0.5) is 5.69 Å². The Bertz CT molecular complexity index is 1260. The molecular weight excluding hydrogens is 436 g/mol. The molecule has 0 bridgehead atoms. The summed E-state index contributed by atoms with van der Waals surface area (Å²) in [6, 6.07) is 5.26. The van der Waals surface area contributed by atoms with Gasteiger partial charge >= 0.3 is 0 Å². The number of aryl methyl sites for hydroxylation is 2. The highest BCUT2D eigenvalue weighted by atomic mass is 16.2. The van der Waals surface area contributed by atoms with Crippen LogP contribution in [0.1, 0.15) is 48.4 Å². The zero-order valence-corrected chi connectivity index (χ0v) is 20.5. The molecule has 0 aliphatic heterocycles. The molecule has 0 radical (unpaired) electrons. The molecule has 1 aromatic heterocycles. The van der Waals surface area contributed by atoms with Gasteiger partial charge < -0.3 is 15.2 Å². The SMILES string of the molecule is C=C/C=C(\C=C/C)C(=O)Nc1cc(C(=O)NC2=C/C(c3nccn3CC)=C\CCC=C2)ccc1C. The molecule has 1 heterocycles. The summed E-state index contributed by atoms with van der Waals surface area (Å²) in [5.41, 5.74) is 4.01. The Hall–Kier alpha value is -4.19. The molecule has 6 heteroatoms. The number of nitrogens with zero attached hydrogens (tertiary/aromatic N) is 2. The maximum atomic E-state index is 13.1. The Kier molecular flexibility index (Phi) is 8.95. The van der Waals surface area contributed by atoms with Gasteiger partial charge in [0.15, 0.2) is 0 Å². The Morgan fingerprint density at radius 1 is 1.23 bits per heavy atom. The van der Waals surface area contributed by atoms with Gasteiger partial charge in [0.25, 0.3) is 11.8 Å². The normalized spacial score (nSPS) is 15.6. The summed E-state index contributed by atoms with van der Waals surface area (Å²) >= 11 is 0. The van der Waals surface area contributed by atoms with Crippen LogP contribution in [0.15, 0.2) is 97.1 Å². The highest BCUT2D eigenvalue weighted by Gasteiger charge is 2.14. The summed E-state index contributed by atoms with van der Waals surface area (Å²) in [6.07, 6.45) is 20.3. The summed E-state index contributed by atoms with van der Waals surface area (Å²) in [4.78, 5) is 30.3. The molecule has 1 aromatic carbocycles. The van der Waals surface area contributed by atoms with Crippen LogP contribution in [0.25, 0.3) is 5.57 Å². The van der Waals surface area contributed by atoms with E-state index in [2.05, 4.69) is 39.8 Å². The van der Waals surface area contributed by atoms with E-state index in [1.54, 1.807) is 42.6 Å². The van der Waals surface area contributed by atoms with E-state index in [1.807, 2.05) is 44.3 Å². The van der Waals surface area contributed by atoms with Crippen molar-refractivity contribution in [2.75, 3.05) is 5.32 Å². The number of hydrogen-bond acceptors (Lipinski definition) is 3. The molecular formula is C29H32N4O2. The van der Waals surface area contributed by atoms with Crippen LogP contribution in [-0.2, 0) is 11.3 Å². The van der Waals surface area contributed by atoms with Crippen LogP contribution in [0.3, 0.4) is 0 Å². The minimum atomic E-state index is -0.268. The molecule has 1 aliphatic carbocycles. The lowest BCUT2D eigenvalue weighted by Crippen LogP contribution is -2.23. The van der Waals surface area contributed by atoms with Gasteiger partial charge in [-0.1, -0.05) is 49.1 Å². The lowest BCUT2D eigenvalue weighted by Gasteiger charge is -2.13. The van der Waals surface area contributed by atoms with Crippen molar-refractivity contribution in [2.45, 2.75) is 40.2 Å². The van der Waals surface area contributed by atoms with Crippen molar-refractivity contribution in [3.05, 3.63) is 114 Å². The average molecular weight is 469 g/mol. The molecule has 0 spiro atoms. The molecule has 0 unspecified atom stereocenters. The van der Waals surface area contributed by atoms with Crippen LogP contribution in [0.5, 0.6) is 0 Å². The van der Waals surface area contributed by atoms with Gasteiger partial charge in [-0.3, -0.25) is 9.59 Å². The minimum absolute atomic E-state index is 0.259. The molecule has 180 valence electrons. The van der Waals surface area contributed by atoms with Gasteiger partial charge in [-0.2, -0.15) is 0 Å². The van der Waals surface area contributed by atoms with Crippen LogP contribution >= 0.6 is 0 Å². The van der Waals surface area contributed by atoms with E-state index in [1.165, 1.54) is 0 Å². The molecule has 6 nitrogen and oxygen atoms in total. The van der Waals surface area contributed by atoms with E-state index in [0.29, 0.717) is 22.5 Å². The number of aromatic nitrogens is 2. The number of benzene rings is 1. The topological polar surface area (TPSA) is 76.0 Å². The van der Waals surface area contributed by atoms with Crippen LogP contribution in [0.2, 0.25) is 0 Å². The van der Waals surface area contributed by atoms with Gasteiger partial charge in [-0.05, 0) is 63.5 Å². The largest absolute Gasteiger partial charge is 0.331 e. The van der Waals surface area contributed by atoms with Crippen molar-refractivity contribution in [1.29, 1.82) is 0 Å². The Morgan fingerprint density at radius 2 is 2.06 bits per heavy atom. The van der Waals surface area contributed by atoms with E-state index < -0.39 is 0 Å². The molecule has 0 saturated heterocycles. The number of anilines is 1. The summed E-state index contributed by atoms with van der Waals surface area (Å²) in [6.45, 7) is 10.3. The fourth-order valence-corrected chi connectivity index (χ4v) is 3.69. The summed E-state index contributed by atoms with van der Waals surface area (Å²) in [7, 11) is 0. The second kappa shape index (κ2) is 12.3. The maximum Gasteiger partial charge on any atom is 0.255 e. The molecule has 2 amide bonds. The number of rotatable bonds is 8. The number of imidazole rings is 1. The Labute approximate surface area is 207 Å². The predicted molar refractivity (Wildman–Crippen MR) is 143 cm³/mol. The van der Waals surface area contributed by atoms with E-state index >= 15 is 0 Å². The van der Waals surface area contributed by atoms with Gasteiger partial charge in [0, 0.05) is 47.0 Å². The standard InChI is InChI=1S/C29H32N4O2/c1-5-11-22(12-6-2)28(34)32-26-20-24(16-15-21(26)4)29(35)31-25-14-10-8-9-13-23(19-25)27-30-17-18-33(27)7-3/h5-6,10-20H,1,7-9H2,2-4H3,(H,31,35)(H,32,34)/b12-6-,14-10?,22-11+,23-13+,25-19?. The second-order valence-corrected chi connectivity index (χ2v) is 8.07. The number of amides is 2. The molecule has 0 atom stereocenters. The highest BCUT2D eigenvalue weighted by molar-refractivity contribution is 6.07. The first-order valence-electron chi connectivity index (χ1n) is 11.8. The third-order valence-corrected chi connectivity index (χ3v) is 5.53. The number of allylic oxidation sites excluding steroid dienone is 8. The summed E-state index contributed by atoms with van der Waals surface area (Å²) < 4.78 is 2.07. The first-order valence-corrected chi connectivity index (χ1v) is 11.8. The molecule has 2 N–H and O–H groups in total. The number of nitrogens with one attached hydrogen (secondary N) is 2. The van der Waals surface area contributed by atoms with Crippen molar-refractivity contribution >= 4 is 23.1 Å². The predicted octanol–water partition coefficient (Wildman–Crippen LogP) is 5.89. The molecule has 1 aliphatic rings. The first-order chi connectivity index (χ1) is 17.0. The zero-order chi connectivity index (χ0) is 25.2. The third kappa shape index (κ3) is 6.67. The smallest absolute Gasteiger partial charge is 0.255 e. The van der Waals surface area contributed by atoms with E-state index in [0.717, 1.165) is 36.3 Å². The van der Waals surface area contributed by atoms with Gasteiger partial charge in [0.05, 0.1) is 0 Å². The highest BCUT2D eigenvalue weighted by Crippen LogP contribution is 2.21. The minimum Gasteiger partial charge on any atom is -0.331 e. The van der Waals surface area contributed by atoms with Crippen molar-refractivity contribution in [3.63, 3.8) is 0 Å². The molecule has 35 heavy (non-hydrogen) atoms. The molecule has 0 fully saturated rings. The van der Waals surface area contributed by atoms with Gasteiger partial charge in [-0.25, -0.2) is 4.98 Å². The molecule has 0 saturated carbocycles. The fourth-order valence-electron chi connectivity index (χ4n) is 3.69. The fraction of sp³-hybridized carbons (Fsp3) is 0.207. The lowest BCUT2D eigenvalue weighted by atomic mass is 10.1. The van der Waals surface area contributed by atoms with Crippen LogP contribution in [-0.4, -0.2) is 21.4 Å². The number of carbonyl (C=O) groups is 2. The van der Waals surface area contributed by atoms with Crippen molar-refractivity contribution in [3.8, 4) is 0 Å². The average Bonchev–Trinajstić information content (AvgIpc) is 3.30. The number of hydrogen-bond donors (Lipinski definition) is 2. The van der Waals surface area contributed by atoms with E-state index in [4.69, 9.17) is 0 Å². The Morgan fingerprint density at radius 3 is 2.80 bits per heavy atom. The molecule has 2 aromatic rings. The second-order valence-electron chi connectivity index (χ2n) is 8.07. The van der Waals surface area contributed by atoms with Gasteiger partial charge in [-0.15, -0.1) is 0 Å². The third-order valence-electron chi connectivity index (χ3n) is 5.53. The monoisotopic (exact) mass is 468 g/mol. The van der Waals surface area contributed by atoms with E-state index in [9.17, 15) is 9.59 Å². The van der Waals surface area contributed by atoms with Crippen molar-refractivity contribution < 1.29 is 9.59 Å². The summed E-state index contributed by atoms with van der Waals surface area (Å²) in [5.74, 6) is 0.348. The first kappa shape index (κ1) is 25.4. The van der Waals surface area contributed by atoms with Crippen LogP contribution < -0.4 is 10.6 Å². The van der Waals surface area contributed by atoms with Crippen molar-refractivity contribution in [2.24, 2.45) is 0 Å². The molecule has 3 rings (SSSR count). The maximum absolute atomic E-state index is 13.1. The van der Waals surface area contributed by atoms with Crippen molar-refractivity contribution in [1.82, 2.24) is 14.9 Å².